The molecular weight excluding hydrogens is 560 g/mol. The molecule has 2 aliphatic rings. The van der Waals surface area contributed by atoms with Crippen LogP contribution >= 0.6 is 0 Å². The van der Waals surface area contributed by atoms with E-state index < -0.39 is 51.7 Å². The number of nitro benzene ring substituents is 2. The quantitative estimate of drug-likeness (QED) is 0.112. The van der Waals surface area contributed by atoms with E-state index in [4.69, 9.17) is 4.74 Å². The van der Waals surface area contributed by atoms with Crippen molar-refractivity contribution in [1.82, 2.24) is 10.0 Å². The number of hydrogen-bond acceptors (Lipinski definition) is 9. The molecule has 43 heavy (non-hydrogen) atoms. The zero-order chi connectivity index (χ0) is 30.8. The number of nitrogens with zero attached hydrogens (tertiary/aromatic N) is 4. The van der Waals surface area contributed by atoms with Gasteiger partial charge in [0.05, 0.1) is 21.7 Å². The summed E-state index contributed by atoms with van der Waals surface area (Å²) in [5.74, 6) is -3.24. The highest BCUT2D eigenvalue weighted by molar-refractivity contribution is 6.09. The van der Waals surface area contributed by atoms with Crippen molar-refractivity contribution in [3.63, 3.8) is 0 Å². The molecule has 1 heterocycles. The van der Waals surface area contributed by atoms with E-state index in [-0.39, 0.29) is 22.5 Å². The molecule has 0 saturated carbocycles. The molecule has 2 atom stereocenters. The summed E-state index contributed by atoms with van der Waals surface area (Å²) in [6, 6.07) is 16.0. The lowest BCUT2D eigenvalue weighted by Crippen LogP contribution is -2.52. The molecule has 1 aliphatic heterocycles. The van der Waals surface area contributed by atoms with Gasteiger partial charge >= 0.3 is 0 Å². The molecule has 3 aromatic carbocycles. The molecule has 13 heteroatoms. The van der Waals surface area contributed by atoms with Crippen molar-refractivity contribution in [3.05, 3.63) is 116 Å². The second kappa shape index (κ2) is 11.6. The maximum absolute atomic E-state index is 13.6. The van der Waals surface area contributed by atoms with Crippen molar-refractivity contribution in [2.45, 2.75) is 19.8 Å². The molecule has 0 N–H and O–H groups in total. The van der Waals surface area contributed by atoms with Gasteiger partial charge in [0.2, 0.25) is 0 Å². The fourth-order valence-corrected chi connectivity index (χ4v) is 5.07. The fraction of sp³-hybridized carbons (Fsp3) is 0.200. The van der Waals surface area contributed by atoms with Crippen LogP contribution in [0.3, 0.4) is 0 Å². The summed E-state index contributed by atoms with van der Waals surface area (Å²) in [5.41, 5.74) is 0.712. The Balaban J connectivity index is 1.38. The van der Waals surface area contributed by atoms with E-state index >= 15 is 0 Å². The predicted molar refractivity (Wildman–Crippen MR) is 150 cm³/mol. The number of non-ortho nitro benzene ring substituents is 2. The first-order valence-electron chi connectivity index (χ1n) is 13.2. The van der Waals surface area contributed by atoms with E-state index in [1.165, 1.54) is 60.7 Å². The van der Waals surface area contributed by atoms with Crippen LogP contribution in [0.2, 0.25) is 0 Å². The predicted octanol–water partition coefficient (Wildman–Crippen LogP) is 4.88. The topological polar surface area (TPSA) is 170 Å². The summed E-state index contributed by atoms with van der Waals surface area (Å²) in [5, 5.41) is 23.5. The second-order valence-corrected chi connectivity index (χ2v) is 10.2. The first-order valence-corrected chi connectivity index (χ1v) is 13.2. The Morgan fingerprint density at radius 2 is 1.30 bits per heavy atom. The van der Waals surface area contributed by atoms with Gasteiger partial charge in [-0.1, -0.05) is 11.6 Å². The summed E-state index contributed by atoms with van der Waals surface area (Å²) in [4.78, 5) is 74.6. The highest BCUT2D eigenvalue weighted by atomic mass is 16.6. The number of Topliss-reactive ketones (excluding diaryl/α,β-unsaturated/α-hetero) is 1. The van der Waals surface area contributed by atoms with Crippen LogP contribution in [0.15, 0.2) is 84.4 Å². The third-order valence-electron chi connectivity index (χ3n) is 7.35. The Bertz CT molecular complexity index is 1670. The zero-order valence-corrected chi connectivity index (χ0v) is 22.7. The van der Waals surface area contributed by atoms with Crippen LogP contribution in [-0.2, 0) is 9.59 Å². The van der Waals surface area contributed by atoms with Gasteiger partial charge in [-0.05, 0) is 68.3 Å². The number of nitro groups is 2. The van der Waals surface area contributed by atoms with E-state index in [1.807, 2.05) is 13.0 Å². The molecule has 1 saturated heterocycles. The van der Waals surface area contributed by atoms with Gasteiger partial charge in [-0.15, -0.1) is 0 Å². The zero-order valence-electron chi connectivity index (χ0n) is 22.7. The molecule has 0 unspecified atom stereocenters. The summed E-state index contributed by atoms with van der Waals surface area (Å²) in [7, 11) is 0. The molecule has 3 aromatic rings. The summed E-state index contributed by atoms with van der Waals surface area (Å²) in [6.07, 6.45) is 2.57. The first kappa shape index (κ1) is 28.8. The third kappa shape index (κ3) is 5.86. The van der Waals surface area contributed by atoms with Crippen LogP contribution in [-0.4, -0.2) is 49.9 Å². The van der Waals surface area contributed by atoms with E-state index in [2.05, 4.69) is 0 Å². The number of ether oxygens (including phenoxy) is 1. The van der Waals surface area contributed by atoms with Crippen LogP contribution in [0.4, 0.5) is 11.4 Å². The normalized spacial score (nSPS) is 17.6. The Kier molecular flexibility index (Phi) is 7.80. The highest BCUT2D eigenvalue weighted by Crippen LogP contribution is 2.38. The Labute approximate surface area is 244 Å². The van der Waals surface area contributed by atoms with Crippen LogP contribution in [0, 0.1) is 32.1 Å². The molecule has 218 valence electrons. The van der Waals surface area contributed by atoms with Gasteiger partial charge in [0, 0.05) is 35.4 Å². The SMILES string of the molecule is CC1=CC[C@H]2C(=O)N(N(CC(=O)c3ccc(Oc4ccc([N+](=O)[O-])cc4)cc3)C(=O)c3ccc([N+](=O)[O-])cc3)C(=O)[C@@H]2C1. The largest absolute Gasteiger partial charge is 0.457 e. The van der Waals surface area contributed by atoms with Gasteiger partial charge in [-0.2, -0.15) is 5.01 Å². The van der Waals surface area contributed by atoms with Crippen LogP contribution in [0.5, 0.6) is 11.5 Å². The lowest BCUT2D eigenvalue weighted by molar-refractivity contribution is -0.385. The minimum absolute atomic E-state index is 0.0463. The maximum atomic E-state index is 13.6. The number of carbonyl (C=O) groups is 4. The van der Waals surface area contributed by atoms with Gasteiger partial charge in [-0.25, -0.2) is 5.01 Å². The third-order valence-corrected chi connectivity index (χ3v) is 7.35. The van der Waals surface area contributed by atoms with Gasteiger partial charge < -0.3 is 4.74 Å². The van der Waals surface area contributed by atoms with E-state index in [0.29, 0.717) is 24.3 Å². The number of benzene rings is 3. The highest BCUT2D eigenvalue weighted by Gasteiger charge is 2.51. The standard InChI is InChI=1S/C30H24N4O9/c1-18-2-15-25-26(16-18)30(38)32(29(25)37)31(28(36)20-3-7-21(8-4-20)33(39)40)17-27(35)19-5-11-23(12-6-19)43-24-13-9-22(10-14-24)34(41)42/h2-14,25-26H,15-17H2,1H3/t25-,26-/m1/s1. The number of fused-ring (bicyclic) bond motifs is 1. The van der Waals surface area contributed by atoms with Crippen molar-refractivity contribution >= 4 is 34.9 Å². The number of allylic oxidation sites excluding steroid dienone is 2. The lowest BCUT2D eigenvalue weighted by Gasteiger charge is -2.30. The van der Waals surface area contributed by atoms with Crippen LogP contribution in [0.25, 0.3) is 0 Å². The van der Waals surface area contributed by atoms with Gasteiger partial charge in [0.25, 0.3) is 29.1 Å². The minimum Gasteiger partial charge on any atom is -0.457 e. The van der Waals surface area contributed by atoms with Crippen LogP contribution < -0.4 is 4.74 Å². The molecule has 0 bridgehead atoms. The molecule has 13 nitrogen and oxygen atoms in total. The van der Waals surface area contributed by atoms with Crippen molar-refractivity contribution in [2.24, 2.45) is 11.8 Å². The number of amides is 3. The summed E-state index contributed by atoms with van der Waals surface area (Å²) >= 11 is 0. The van der Waals surface area contributed by atoms with Crippen molar-refractivity contribution in [2.75, 3.05) is 6.54 Å². The lowest BCUT2D eigenvalue weighted by atomic mass is 9.82. The number of hydrazine groups is 1. The Morgan fingerprint density at radius 3 is 1.86 bits per heavy atom. The van der Waals surface area contributed by atoms with Crippen molar-refractivity contribution < 1.29 is 33.8 Å². The molecule has 0 radical (unpaired) electrons. The number of carbonyl (C=O) groups excluding carboxylic acids is 4. The molecule has 5 rings (SSSR count). The fourth-order valence-electron chi connectivity index (χ4n) is 5.07. The second-order valence-electron chi connectivity index (χ2n) is 10.2. The molecule has 0 spiro atoms. The number of imide groups is 1. The number of hydrogen-bond donors (Lipinski definition) is 0. The van der Waals surface area contributed by atoms with Crippen molar-refractivity contribution in [3.8, 4) is 11.5 Å². The Hall–Kier alpha value is -5.72. The average molecular weight is 585 g/mol. The number of ketones is 1. The molecule has 0 aromatic heterocycles. The van der Waals surface area contributed by atoms with Gasteiger partial charge in [0.15, 0.2) is 5.78 Å². The smallest absolute Gasteiger partial charge is 0.273 e. The number of rotatable bonds is 9. The first-order chi connectivity index (χ1) is 20.5. The monoisotopic (exact) mass is 584 g/mol. The maximum Gasteiger partial charge on any atom is 0.273 e. The van der Waals surface area contributed by atoms with Gasteiger partial charge in [-0.3, -0.25) is 39.4 Å². The van der Waals surface area contributed by atoms with Gasteiger partial charge in [0.1, 0.15) is 18.0 Å². The average Bonchev–Trinajstić information content (AvgIpc) is 3.24. The van der Waals surface area contributed by atoms with E-state index in [9.17, 15) is 39.4 Å². The molecule has 1 fully saturated rings. The molecular formula is C30H24N4O9. The van der Waals surface area contributed by atoms with E-state index in [1.54, 1.807) is 0 Å². The molecule has 1 aliphatic carbocycles. The minimum atomic E-state index is -0.841. The van der Waals surface area contributed by atoms with Crippen molar-refractivity contribution in [1.29, 1.82) is 0 Å². The summed E-state index contributed by atoms with van der Waals surface area (Å²) < 4.78 is 5.67. The Morgan fingerprint density at radius 1 is 0.814 bits per heavy atom. The molecule has 3 amide bonds. The van der Waals surface area contributed by atoms with E-state index in [0.717, 1.165) is 27.7 Å². The van der Waals surface area contributed by atoms with Crippen LogP contribution in [0.1, 0.15) is 40.5 Å². The summed E-state index contributed by atoms with van der Waals surface area (Å²) in [6.45, 7) is 1.21.